The van der Waals surface area contributed by atoms with E-state index >= 15 is 0 Å². The predicted molar refractivity (Wildman–Crippen MR) is 89.2 cm³/mol. The molecule has 1 saturated carbocycles. The quantitative estimate of drug-likeness (QED) is 0.657. The lowest BCUT2D eigenvalue weighted by Gasteiger charge is -2.35. The van der Waals surface area contributed by atoms with E-state index < -0.39 is 12.0 Å². The minimum Gasteiger partial charge on any atom is -0.373 e. The first-order chi connectivity index (χ1) is 11.4. The molecule has 7 nitrogen and oxygen atoms in total. The number of morpholine rings is 1. The Hall–Kier alpha value is -1.99. The largest absolute Gasteiger partial charge is 0.373 e. The number of ether oxygens (including phenoxy) is 1. The van der Waals surface area contributed by atoms with E-state index in [-0.39, 0.29) is 23.0 Å². The normalized spacial score (nSPS) is 29.9. The molecule has 2 fully saturated rings. The number of rotatable bonds is 5. The van der Waals surface area contributed by atoms with Crippen LogP contribution in [0.15, 0.2) is 24.3 Å². The molecule has 1 amide bonds. The summed E-state index contributed by atoms with van der Waals surface area (Å²) in [5.74, 6) is -0.760. The third-order valence-corrected chi connectivity index (χ3v) is 4.53. The summed E-state index contributed by atoms with van der Waals surface area (Å²) in [6.07, 6.45) is 0.699. The van der Waals surface area contributed by atoms with Crippen LogP contribution in [0, 0.1) is 16.0 Å². The molecule has 1 aromatic rings. The number of anilines is 1. The summed E-state index contributed by atoms with van der Waals surface area (Å²) in [6, 6.07) is 6.91. The van der Waals surface area contributed by atoms with Gasteiger partial charge in [0.1, 0.15) is 5.92 Å². The third-order valence-electron chi connectivity index (χ3n) is 4.53. The summed E-state index contributed by atoms with van der Waals surface area (Å²) < 4.78 is 5.75. The molecule has 4 atom stereocenters. The maximum absolute atomic E-state index is 12.2. The molecular formula is C17H23N3O4. The maximum atomic E-state index is 12.2. The highest BCUT2D eigenvalue weighted by Gasteiger charge is 2.53. The van der Waals surface area contributed by atoms with Crippen LogP contribution >= 0.6 is 0 Å². The number of nitrogens with one attached hydrogen (secondary N) is 1. The van der Waals surface area contributed by atoms with Gasteiger partial charge >= 0.3 is 0 Å². The Bertz CT molecular complexity index is 626. The lowest BCUT2D eigenvalue weighted by Crippen LogP contribution is -2.44. The fraction of sp³-hybridized carbons (Fsp3) is 0.588. The molecule has 3 rings (SSSR count). The number of benzene rings is 1. The summed E-state index contributed by atoms with van der Waals surface area (Å²) in [7, 11) is 0. The van der Waals surface area contributed by atoms with Gasteiger partial charge in [-0.2, -0.15) is 0 Å². The lowest BCUT2D eigenvalue weighted by molar-refractivity contribution is -0.497. The van der Waals surface area contributed by atoms with Crippen LogP contribution in [0.25, 0.3) is 0 Å². The Kier molecular flexibility index (Phi) is 4.82. The highest BCUT2D eigenvalue weighted by Crippen LogP contribution is 2.34. The van der Waals surface area contributed by atoms with Gasteiger partial charge in [-0.25, -0.2) is 0 Å². The van der Waals surface area contributed by atoms with Crippen LogP contribution in [0.1, 0.15) is 25.8 Å². The van der Waals surface area contributed by atoms with Crippen molar-refractivity contribution in [1.82, 2.24) is 4.90 Å². The number of nitro groups is 1. The van der Waals surface area contributed by atoms with Gasteiger partial charge < -0.3 is 10.1 Å². The van der Waals surface area contributed by atoms with Gasteiger partial charge in [0.15, 0.2) is 0 Å². The molecule has 0 aromatic heterocycles. The fourth-order valence-electron chi connectivity index (χ4n) is 3.36. The molecule has 7 heteroatoms. The van der Waals surface area contributed by atoms with E-state index in [1.54, 1.807) is 0 Å². The van der Waals surface area contributed by atoms with E-state index in [0.29, 0.717) is 6.42 Å². The topological polar surface area (TPSA) is 84.7 Å². The first-order valence-electron chi connectivity index (χ1n) is 8.34. The number of hydrogen-bond acceptors (Lipinski definition) is 5. The van der Waals surface area contributed by atoms with Crippen LogP contribution in [0.5, 0.6) is 0 Å². The van der Waals surface area contributed by atoms with Gasteiger partial charge in [-0.3, -0.25) is 19.8 Å². The molecular weight excluding hydrogens is 310 g/mol. The second kappa shape index (κ2) is 6.86. The van der Waals surface area contributed by atoms with Crippen LogP contribution in [0.2, 0.25) is 0 Å². The van der Waals surface area contributed by atoms with Crippen LogP contribution in [-0.2, 0) is 16.1 Å². The molecule has 1 saturated heterocycles. The summed E-state index contributed by atoms with van der Waals surface area (Å²) in [6.45, 7) is 6.53. The van der Waals surface area contributed by atoms with Gasteiger partial charge in [0.05, 0.1) is 12.2 Å². The van der Waals surface area contributed by atoms with Crippen molar-refractivity contribution < 1.29 is 14.5 Å². The molecule has 1 N–H and O–H groups in total. The molecule has 1 heterocycles. The summed E-state index contributed by atoms with van der Waals surface area (Å²) in [4.78, 5) is 24.9. The fourth-order valence-corrected chi connectivity index (χ4v) is 3.36. The molecule has 0 unspecified atom stereocenters. The molecule has 0 bridgehead atoms. The predicted octanol–water partition coefficient (Wildman–Crippen LogP) is 1.90. The van der Waals surface area contributed by atoms with E-state index in [1.165, 1.54) is 0 Å². The van der Waals surface area contributed by atoms with Crippen molar-refractivity contribution in [2.24, 2.45) is 5.92 Å². The second-order valence-corrected chi connectivity index (χ2v) is 6.79. The van der Waals surface area contributed by atoms with Gasteiger partial charge in [0.25, 0.3) is 0 Å². The van der Waals surface area contributed by atoms with E-state index in [4.69, 9.17) is 4.74 Å². The van der Waals surface area contributed by atoms with E-state index in [1.807, 2.05) is 24.3 Å². The van der Waals surface area contributed by atoms with Gasteiger partial charge in [-0.15, -0.1) is 0 Å². The molecule has 1 aliphatic carbocycles. The number of hydrogen-bond donors (Lipinski definition) is 1. The standard InChI is InChI=1S/C17H23N3O4/c1-11-8-19(9-12(2)24-11)10-13-5-3-4-6-15(13)18-17(21)14-7-16(14)20(22)23/h3-6,11-12,14,16H,7-10H2,1-2H3,(H,18,21)/t11-,12-,14-,16-/m1/s1. The highest BCUT2D eigenvalue weighted by molar-refractivity contribution is 5.95. The van der Waals surface area contributed by atoms with Crippen molar-refractivity contribution in [3.8, 4) is 0 Å². The van der Waals surface area contributed by atoms with Gasteiger partial charge in [-0.05, 0) is 25.5 Å². The lowest BCUT2D eigenvalue weighted by atomic mass is 10.1. The van der Waals surface area contributed by atoms with Gasteiger partial charge in [0, 0.05) is 36.7 Å². The summed E-state index contributed by atoms with van der Waals surface area (Å²) in [5, 5.41) is 13.6. The molecule has 2 aliphatic rings. The Morgan fingerprint density at radius 2 is 2.00 bits per heavy atom. The monoisotopic (exact) mass is 333 g/mol. The summed E-state index contributed by atoms with van der Waals surface area (Å²) >= 11 is 0. The van der Waals surface area contributed by atoms with Crippen LogP contribution < -0.4 is 5.32 Å². The molecule has 1 aromatic carbocycles. The van der Waals surface area contributed by atoms with Crippen LogP contribution in [-0.4, -0.2) is 47.1 Å². The maximum Gasteiger partial charge on any atom is 0.234 e. The zero-order valence-corrected chi connectivity index (χ0v) is 14.0. The second-order valence-electron chi connectivity index (χ2n) is 6.79. The van der Waals surface area contributed by atoms with Crippen LogP contribution in [0.3, 0.4) is 0 Å². The van der Waals surface area contributed by atoms with Crippen molar-refractivity contribution >= 4 is 11.6 Å². The van der Waals surface area contributed by atoms with Crippen molar-refractivity contribution in [2.45, 2.75) is 45.1 Å². The zero-order valence-electron chi connectivity index (χ0n) is 14.0. The molecule has 0 radical (unpaired) electrons. The third kappa shape index (κ3) is 3.91. The van der Waals surface area contributed by atoms with Gasteiger partial charge in [-0.1, -0.05) is 18.2 Å². The Balaban J connectivity index is 1.65. The van der Waals surface area contributed by atoms with Gasteiger partial charge in [0.2, 0.25) is 11.9 Å². The molecule has 1 aliphatic heterocycles. The number of carbonyl (C=O) groups is 1. The van der Waals surface area contributed by atoms with Crippen LogP contribution in [0.4, 0.5) is 5.69 Å². The highest BCUT2D eigenvalue weighted by atomic mass is 16.6. The number of para-hydroxylation sites is 1. The Morgan fingerprint density at radius 1 is 1.33 bits per heavy atom. The first-order valence-corrected chi connectivity index (χ1v) is 8.34. The van der Waals surface area contributed by atoms with Crippen molar-refractivity contribution in [3.63, 3.8) is 0 Å². The minimum atomic E-state index is -0.724. The number of amides is 1. The van der Waals surface area contributed by atoms with E-state index in [9.17, 15) is 14.9 Å². The average Bonchev–Trinajstić information content (AvgIpc) is 3.29. The molecule has 0 spiro atoms. The number of nitrogens with zero attached hydrogens (tertiary/aromatic N) is 2. The van der Waals surface area contributed by atoms with E-state index in [2.05, 4.69) is 24.1 Å². The average molecular weight is 333 g/mol. The number of carbonyl (C=O) groups excluding carboxylic acids is 1. The van der Waals surface area contributed by atoms with Crippen molar-refractivity contribution in [1.29, 1.82) is 0 Å². The molecule has 24 heavy (non-hydrogen) atoms. The smallest absolute Gasteiger partial charge is 0.234 e. The van der Waals surface area contributed by atoms with E-state index in [0.717, 1.165) is 30.9 Å². The zero-order chi connectivity index (χ0) is 17.3. The first kappa shape index (κ1) is 16.9. The van der Waals surface area contributed by atoms with Crippen molar-refractivity contribution in [2.75, 3.05) is 18.4 Å². The minimum absolute atomic E-state index is 0.183. The Labute approximate surface area is 141 Å². The van der Waals surface area contributed by atoms with Crippen molar-refractivity contribution in [3.05, 3.63) is 39.9 Å². The Morgan fingerprint density at radius 3 is 2.62 bits per heavy atom. The molecule has 130 valence electrons. The SMILES string of the molecule is C[C@@H]1CN(Cc2ccccc2NC(=O)[C@@H]2C[C@H]2[N+](=O)[O-])C[C@@H](C)O1. The summed E-state index contributed by atoms with van der Waals surface area (Å²) in [5.41, 5.74) is 1.76.